The minimum absolute atomic E-state index is 0.206. The maximum atomic E-state index is 15.7. The van der Waals surface area contributed by atoms with E-state index in [1.165, 1.54) is 13.3 Å². The zero-order valence-corrected chi connectivity index (χ0v) is 30.8. The van der Waals surface area contributed by atoms with E-state index in [9.17, 15) is 4.57 Å². The Hall–Kier alpha value is -4.20. The van der Waals surface area contributed by atoms with Crippen LogP contribution in [0.15, 0.2) is 53.5 Å². The fraction of sp³-hybridized carbons (Fsp3) is 0.382. The zero-order valence-electron chi connectivity index (χ0n) is 28.3. The van der Waals surface area contributed by atoms with Crippen molar-refractivity contribution in [2.24, 2.45) is 0 Å². The summed E-state index contributed by atoms with van der Waals surface area (Å²) in [5, 5.41) is 18.2. The molecule has 0 saturated carbocycles. The van der Waals surface area contributed by atoms with Crippen LogP contribution in [0.4, 0.5) is 37.6 Å². The fourth-order valence-corrected chi connectivity index (χ4v) is 8.43. The van der Waals surface area contributed by atoms with Gasteiger partial charge in [0.05, 0.1) is 46.4 Å². The third-order valence-electron chi connectivity index (χ3n) is 8.96. The van der Waals surface area contributed by atoms with Crippen LogP contribution in [0.5, 0.6) is 5.75 Å². The van der Waals surface area contributed by atoms with Gasteiger partial charge in [0.15, 0.2) is 0 Å². The SMILES string of the molecule is CN/C=C(\C=N)c1cc(Nc2ncc(Br)c(Nc3ccc4nccnc4c3P(C)(C)=O)n2)c(OC)cc1N1CCC(N2CCCC2)C(F)(F)C1. The van der Waals surface area contributed by atoms with E-state index in [2.05, 4.69) is 46.8 Å². The summed E-state index contributed by atoms with van der Waals surface area (Å²) in [5.74, 6) is -1.93. The Morgan fingerprint density at radius 3 is 2.54 bits per heavy atom. The topological polar surface area (TPSA) is 144 Å². The number of halogens is 3. The summed E-state index contributed by atoms with van der Waals surface area (Å²) in [7, 11) is 0.397. The number of nitrogens with zero attached hydrogens (tertiary/aromatic N) is 6. The van der Waals surface area contributed by atoms with Crippen LogP contribution in [0.2, 0.25) is 0 Å². The molecule has 2 aliphatic rings. The lowest BCUT2D eigenvalue weighted by atomic mass is 9.96. The second kappa shape index (κ2) is 14.6. The molecule has 0 bridgehead atoms. The molecule has 6 rings (SSSR count). The van der Waals surface area contributed by atoms with Gasteiger partial charge in [-0.15, -0.1) is 0 Å². The molecule has 1 unspecified atom stereocenters. The standard InChI is InChI=1S/C34H40BrF2N10O2P/c1-39-18-21(17-38)22-15-26(28(49-2)16-27(22)47-14-9-29(34(36,37)20-47)46-12-5-6-13-46)44-33-42-19-23(35)32(45-33)43-25-8-7-24-30(41-11-10-40-24)31(25)50(3,4)48/h7-8,10-11,15-19,29,38-39H,5-6,9,12-14,20H2,1-4H3,(H2,42,43,44,45)/b21-18+,38-17?. The number of alkyl halides is 2. The number of anilines is 5. The summed E-state index contributed by atoms with van der Waals surface area (Å²) in [6, 6.07) is 6.29. The number of hydrogen-bond donors (Lipinski definition) is 4. The van der Waals surface area contributed by atoms with Crippen molar-refractivity contribution in [3.8, 4) is 5.75 Å². The van der Waals surface area contributed by atoms with Crippen molar-refractivity contribution in [1.29, 1.82) is 5.41 Å². The summed E-state index contributed by atoms with van der Waals surface area (Å²) in [6.45, 7) is 4.75. The number of allylic oxidation sites excluding steroid dienone is 1. The van der Waals surface area contributed by atoms with Gasteiger partial charge < -0.3 is 35.6 Å². The van der Waals surface area contributed by atoms with E-state index < -0.39 is 25.7 Å². The first-order chi connectivity index (χ1) is 23.9. The predicted molar refractivity (Wildman–Crippen MR) is 200 cm³/mol. The Labute approximate surface area is 298 Å². The van der Waals surface area contributed by atoms with Gasteiger partial charge in [0.25, 0.3) is 5.92 Å². The van der Waals surface area contributed by atoms with E-state index in [0.29, 0.717) is 86.6 Å². The van der Waals surface area contributed by atoms with Gasteiger partial charge in [-0.2, -0.15) is 4.98 Å². The molecule has 50 heavy (non-hydrogen) atoms. The highest BCUT2D eigenvalue weighted by molar-refractivity contribution is 9.10. The molecule has 0 aliphatic carbocycles. The van der Waals surface area contributed by atoms with Gasteiger partial charge >= 0.3 is 0 Å². The zero-order chi connectivity index (χ0) is 35.6. The van der Waals surface area contributed by atoms with E-state index in [1.54, 1.807) is 74.3 Å². The molecule has 0 amide bonds. The van der Waals surface area contributed by atoms with Crippen LogP contribution < -0.4 is 30.9 Å². The number of likely N-dealkylation sites (tertiary alicyclic amines) is 1. The monoisotopic (exact) mass is 768 g/mol. The van der Waals surface area contributed by atoms with Gasteiger partial charge in [0.2, 0.25) is 5.95 Å². The van der Waals surface area contributed by atoms with E-state index in [1.807, 2.05) is 4.90 Å². The molecule has 0 spiro atoms. The summed E-state index contributed by atoms with van der Waals surface area (Å²) in [4.78, 5) is 21.6. The molecular weight excluding hydrogens is 729 g/mol. The Bertz CT molecular complexity index is 1990. The molecule has 4 aromatic rings. The molecule has 0 radical (unpaired) electrons. The van der Waals surface area contributed by atoms with Gasteiger partial charge in [-0.1, -0.05) is 0 Å². The number of rotatable bonds is 11. The lowest BCUT2D eigenvalue weighted by molar-refractivity contribution is -0.0822. The molecule has 2 aromatic heterocycles. The summed E-state index contributed by atoms with van der Waals surface area (Å²) >= 11 is 3.53. The number of piperidine rings is 1. The van der Waals surface area contributed by atoms with Gasteiger partial charge in [-0.25, -0.2) is 13.8 Å². The van der Waals surface area contributed by atoms with Crippen LogP contribution in [0.25, 0.3) is 16.6 Å². The highest BCUT2D eigenvalue weighted by atomic mass is 79.9. The molecule has 2 aliphatic heterocycles. The average Bonchev–Trinajstić information content (AvgIpc) is 3.62. The van der Waals surface area contributed by atoms with Crippen molar-refractivity contribution >= 4 is 80.0 Å². The van der Waals surface area contributed by atoms with Crippen molar-refractivity contribution < 1.29 is 18.1 Å². The summed E-state index contributed by atoms with van der Waals surface area (Å²) in [6.07, 6.45) is 9.79. The molecule has 16 heteroatoms. The number of hydrogen-bond acceptors (Lipinski definition) is 12. The first-order valence-corrected chi connectivity index (χ1v) is 19.7. The largest absolute Gasteiger partial charge is 0.494 e. The van der Waals surface area contributed by atoms with E-state index in [-0.39, 0.29) is 5.95 Å². The fourth-order valence-electron chi connectivity index (χ4n) is 6.75. The lowest BCUT2D eigenvalue weighted by Gasteiger charge is -2.43. The first-order valence-electron chi connectivity index (χ1n) is 16.3. The predicted octanol–water partition coefficient (Wildman–Crippen LogP) is 6.45. The van der Waals surface area contributed by atoms with E-state index in [0.717, 1.165) is 12.8 Å². The highest BCUT2D eigenvalue weighted by Gasteiger charge is 2.48. The molecule has 4 heterocycles. The minimum atomic E-state index is -2.92. The van der Waals surface area contributed by atoms with E-state index in [4.69, 9.17) is 15.1 Å². The van der Waals surface area contributed by atoms with E-state index >= 15 is 8.78 Å². The Balaban J connectivity index is 1.35. The summed E-state index contributed by atoms with van der Waals surface area (Å²) < 4.78 is 51.2. The molecule has 2 aromatic carbocycles. The molecular formula is C34H40BrF2N10O2P. The molecule has 2 saturated heterocycles. The lowest BCUT2D eigenvalue weighted by Crippen LogP contribution is -2.58. The Morgan fingerprint density at radius 2 is 1.86 bits per heavy atom. The average molecular weight is 770 g/mol. The van der Waals surface area contributed by atoms with Gasteiger partial charge in [-0.05, 0) is 79.8 Å². The third-order valence-corrected chi connectivity index (χ3v) is 11.1. The number of ether oxygens (including phenoxy) is 1. The normalized spacial score (nSPS) is 18.3. The number of aromatic nitrogens is 4. The van der Waals surface area contributed by atoms with Crippen LogP contribution >= 0.6 is 23.1 Å². The van der Waals surface area contributed by atoms with Crippen LogP contribution in [0.3, 0.4) is 0 Å². The van der Waals surface area contributed by atoms with Crippen molar-refractivity contribution in [1.82, 2.24) is 30.2 Å². The number of benzene rings is 2. The van der Waals surface area contributed by atoms with Crippen LogP contribution in [-0.4, -0.2) is 96.7 Å². The smallest absolute Gasteiger partial charge is 0.280 e. The molecule has 264 valence electrons. The number of nitrogens with one attached hydrogen (secondary N) is 4. The molecule has 1 atom stereocenters. The van der Waals surface area contributed by atoms with Crippen molar-refractivity contribution in [2.45, 2.75) is 31.2 Å². The Morgan fingerprint density at radius 1 is 1.10 bits per heavy atom. The molecule has 12 nitrogen and oxygen atoms in total. The van der Waals surface area contributed by atoms with Gasteiger partial charge in [-0.3, -0.25) is 14.9 Å². The summed E-state index contributed by atoms with van der Waals surface area (Å²) in [5.41, 5.74) is 3.80. The van der Waals surface area contributed by atoms with Crippen LogP contribution in [0.1, 0.15) is 24.8 Å². The van der Waals surface area contributed by atoms with Crippen molar-refractivity contribution in [3.05, 3.63) is 59.1 Å². The second-order valence-corrected chi connectivity index (χ2v) is 16.7. The number of fused-ring (bicyclic) bond motifs is 1. The molecule has 2 fully saturated rings. The maximum Gasteiger partial charge on any atom is 0.280 e. The second-order valence-electron chi connectivity index (χ2n) is 12.7. The maximum absolute atomic E-state index is 15.7. The van der Waals surface area contributed by atoms with Crippen LogP contribution in [0, 0.1) is 5.41 Å². The van der Waals surface area contributed by atoms with Gasteiger partial charge in [0.1, 0.15) is 24.2 Å². The molecule has 4 N–H and O–H groups in total. The Kier molecular flexibility index (Phi) is 10.4. The van der Waals surface area contributed by atoms with Crippen molar-refractivity contribution in [3.63, 3.8) is 0 Å². The first kappa shape index (κ1) is 35.6. The highest BCUT2D eigenvalue weighted by Crippen LogP contribution is 2.43. The van der Waals surface area contributed by atoms with Crippen molar-refractivity contribution in [2.75, 3.05) is 69.2 Å². The third kappa shape index (κ3) is 7.31. The quantitative estimate of drug-likeness (QED) is 0.0988. The minimum Gasteiger partial charge on any atom is -0.494 e. The van der Waals surface area contributed by atoms with Gasteiger partial charge in [0, 0.05) is 67.5 Å². The number of methoxy groups -OCH3 is 1. The van der Waals surface area contributed by atoms with Crippen LogP contribution in [-0.2, 0) is 4.57 Å².